The lowest BCUT2D eigenvalue weighted by Gasteiger charge is -2.06. The van der Waals surface area contributed by atoms with Crippen molar-refractivity contribution in [2.75, 3.05) is 5.73 Å². The van der Waals surface area contributed by atoms with Crippen LogP contribution in [0.5, 0.6) is 0 Å². The number of hydrogen-bond acceptors (Lipinski definition) is 4. The lowest BCUT2D eigenvalue weighted by Crippen LogP contribution is -2.26. The molecule has 1 heterocycles. The summed E-state index contributed by atoms with van der Waals surface area (Å²) in [6, 6.07) is 9.17. The Balaban J connectivity index is 2.12. The molecule has 1 aromatic heterocycles. The Morgan fingerprint density at radius 1 is 1.52 bits per heavy atom. The molecule has 1 aromatic carbocycles. The van der Waals surface area contributed by atoms with E-state index in [0.29, 0.717) is 35.6 Å². The average Bonchev–Trinajstić information content (AvgIpc) is 2.79. The molecule has 108 valence electrons. The van der Waals surface area contributed by atoms with Crippen LogP contribution in [-0.4, -0.2) is 15.7 Å². The van der Waals surface area contributed by atoms with Crippen molar-refractivity contribution in [3.8, 4) is 6.07 Å². The maximum Gasteiger partial charge on any atom is 0.271 e. The topological polar surface area (TPSA) is 96.7 Å². The molecule has 0 bridgehead atoms. The number of amides is 1. The number of nitrogens with one attached hydrogen (secondary N) is 1. The summed E-state index contributed by atoms with van der Waals surface area (Å²) in [7, 11) is 1.70. The molecule has 21 heavy (non-hydrogen) atoms. The van der Waals surface area contributed by atoms with Gasteiger partial charge in [0.1, 0.15) is 5.69 Å². The predicted octanol–water partition coefficient (Wildman–Crippen LogP) is 1.37. The van der Waals surface area contributed by atoms with E-state index in [0.717, 1.165) is 5.56 Å². The molecule has 0 aliphatic carbocycles. The zero-order valence-electron chi connectivity index (χ0n) is 12.1. The average molecular weight is 283 g/mol. The number of nitriles is 1. The van der Waals surface area contributed by atoms with Crippen molar-refractivity contribution in [1.82, 2.24) is 15.1 Å². The van der Waals surface area contributed by atoms with Gasteiger partial charge >= 0.3 is 0 Å². The minimum atomic E-state index is -0.274. The normalized spacial score (nSPS) is 10.1. The second kappa shape index (κ2) is 6.09. The summed E-state index contributed by atoms with van der Waals surface area (Å²) in [6.07, 6.45) is 0.678. The summed E-state index contributed by atoms with van der Waals surface area (Å²) >= 11 is 0. The van der Waals surface area contributed by atoms with Crippen LogP contribution in [0.25, 0.3) is 0 Å². The van der Waals surface area contributed by atoms with Crippen LogP contribution in [0.4, 0.5) is 5.69 Å². The van der Waals surface area contributed by atoms with Crippen molar-refractivity contribution in [1.29, 1.82) is 5.26 Å². The molecule has 6 nitrogen and oxygen atoms in total. The van der Waals surface area contributed by atoms with Crippen LogP contribution >= 0.6 is 0 Å². The fourth-order valence-corrected chi connectivity index (χ4v) is 2.14. The van der Waals surface area contributed by atoms with Crippen LogP contribution < -0.4 is 11.1 Å². The van der Waals surface area contributed by atoms with Gasteiger partial charge in [0.25, 0.3) is 5.91 Å². The molecule has 1 amide bonds. The van der Waals surface area contributed by atoms with Gasteiger partial charge in [-0.2, -0.15) is 10.4 Å². The highest BCUT2D eigenvalue weighted by atomic mass is 16.2. The fourth-order valence-electron chi connectivity index (χ4n) is 2.14. The smallest absolute Gasteiger partial charge is 0.271 e. The molecule has 0 saturated heterocycles. The third kappa shape index (κ3) is 3.03. The first kappa shape index (κ1) is 14.6. The number of rotatable bonds is 4. The summed E-state index contributed by atoms with van der Waals surface area (Å²) in [5.41, 5.74) is 8.87. The molecule has 2 aromatic rings. The number of nitrogen functional groups attached to an aromatic ring is 1. The van der Waals surface area contributed by atoms with Crippen LogP contribution in [0.1, 0.15) is 34.2 Å². The second-order valence-corrected chi connectivity index (χ2v) is 4.68. The SMILES string of the molecule is CCc1nn(C)c(C(=O)NCc2cccc(C#N)c2)c1N. The second-order valence-electron chi connectivity index (χ2n) is 4.68. The van der Waals surface area contributed by atoms with Crippen LogP contribution in [0.3, 0.4) is 0 Å². The predicted molar refractivity (Wildman–Crippen MR) is 79.3 cm³/mol. The number of aryl methyl sites for hydroxylation is 2. The van der Waals surface area contributed by atoms with Crippen molar-refractivity contribution < 1.29 is 4.79 Å². The van der Waals surface area contributed by atoms with Crippen molar-refractivity contribution in [3.63, 3.8) is 0 Å². The van der Waals surface area contributed by atoms with Gasteiger partial charge in [-0.3, -0.25) is 9.48 Å². The van der Waals surface area contributed by atoms with Crippen LogP contribution in [-0.2, 0) is 20.0 Å². The van der Waals surface area contributed by atoms with Crippen LogP contribution in [0, 0.1) is 11.3 Å². The quantitative estimate of drug-likeness (QED) is 0.885. The minimum absolute atomic E-state index is 0.274. The van der Waals surface area contributed by atoms with Crippen LogP contribution in [0.15, 0.2) is 24.3 Å². The Morgan fingerprint density at radius 3 is 2.90 bits per heavy atom. The van der Waals surface area contributed by atoms with E-state index in [1.54, 1.807) is 25.2 Å². The van der Waals surface area contributed by atoms with Gasteiger partial charge in [-0.1, -0.05) is 19.1 Å². The first-order valence-corrected chi connectivity index (χ1v) is 6.65. The fraction of sp³-hybridized carbons (Fsp3) is 0.267. The largest absolute Gasteiger partial charge is 0.395 e. The Labute approximate surface area is 123 Å². The lowest BCUT2D eigenvalue weighted by molar-refractivity contribution is 0.0942. The summed E-state index contributed by atoms with van der Waals surface area (Å²) in [5.74, 6) is -0.274. The molecule has 0 atom stereocenters. The molecule has 0 radical (unpaired) electrons. The lowest BCUT2D eigenvalue weighted by atomic mass is 10.1. The summed E-state index contributed by atoms with van der Waals surface area (Å²) < 4.78 is 1.50. The molecule has 3 N–H and O–H groups in total. The van der Waals surface area contributed by atoms with Crippen LogP contribution in [0.2, 0.25) is 0 Å². The van der Waals surface area contributed by atoms with Gasteiger partial charge in [0.15, 0.2) is 0 Å². The van der Waals surface area contributed by atoms with E-state index in [1.165, 1.54) is 4.68 Å². The van der Waals surface area contributed by atoms with Gasteiger partial charge in [-0.05, 0) is 24.1 Å². The van der Waals surface area contributed by atoms with E-state index in [1.807, 2.05) is 13.0 Å². The summed E-state index contributed by atoms with van der Waals surface area (Å²) in [5, 5.41) is 15.9. The molecule has 6 heteroatoms. The van der Waals surface area contributed by atoms with E-state index >= 15 is 0 Å². The third-order valence-corrected chi connectivity index (χ3v) is 3.22. The standard InChI is InChI=1S/C15H17N5O/c1-3-12-13(17)14(20(2)19-12)15(21)18-9-11-6-4-5-10(7-11)8-16/h4-7H,3,9,17H2,1-2H3,(H,18,21). The molecule has 0 aliphatic rings. The highest BCUT2D eigenvalue weighted by Gasteiger charge is 2.18. The number of carbonyl (C=O) groups excluding carboxylic acids is 1. The van der Waals surface area contributed by atoms with E-state index in [2.05, 4.69) is 16.5 Å². The third-order valence-electron chi connectivity index (χ3n) is 3.22. The van der Waals surface area contributed by atoms with Crippen molar-refractivity contribution >= 4 is 11.6 Å². The zero-order valence-corrected chi connectivity index (χ0v) is 12.1. The highest BCUT2D eigenvalue weighted by Crippen LogP contribution is 2.16. The van der Waals surface area contributed by atoms with Crippen molar-refractivity contribution in [2.45, 2.75) is 19.9 Å². The maximum atomic E-state index is 12.2. The number of nitrogens with zero attached hydrogens (tertiary/aromatic N) is 3. The minimum Gasteiger partial charge on any atom is -0.395 e. The van der Waals surface area contributed by atoms with E-state index < -0.39 is 0 Å². The number of nitrogens with two attached hydrogens (primary N) is 1. The molecule has 0 unspecified atom stereocenters. The maximum absolute atomic E-state index is 12.2. The number of hydrogen-bond donors (Lipinski definition) is 2. The number of anilines is 1. The number of benzene rings is 1. The van der Waals surface area contributed by atoms with Crippen molar-refractivity contribution in [2.24, 2.45) is 7.05 Å². The Kier molecular flexibility index (Phi) is 4.24. The summed E-state index contributed by atoms with van der Waals surface area (Å²) in [6.45, 7) is 2.27. The molecule has 0 fully saturated rings. The van der Waals surface area contributed by atoms with Gasteiger partial charge in [-0.15, -0.1) is 0 Å². The molecule has 0 spiro atoms. The van der Waals surface area contributed by atoms with E-state index in [-0.39, 0.29) is 5.91 Å². The van der Waals surface area contributed by atoms with E-state index in [9.17, 15) is 4.79 Å². The van der Waals surface area contributed by atoms with Crippen molar-refractivity contribution in [3.05, 3.63) is 46.8 Å². The molecule has 0 aliphatic heterocycles. The summed E-state index contributed by atoms with van der Waals surface area (Å²) in [4.78, 5) is 12.2. The monoisotopic (exact) mass is 283 g/mol. The molecular formula is C15H17N5O. The first-order chi connectivity index (χ1) is 10.1. The zero-order chi connectivity index (χ0) is 15.4. The highest BCUT2D eigenvalue weighted by molar-refractivity contribution is 5.97. The Hall–Kier alpha value is -2.81. The van der Waals surface area contributed by atoms with Gasteiger partial charge < -0.3 is 11.1 Å². The Bertz CT molecular complexity index is 711. The Morgan fingerprint density at radius 2 is 2.29 bits per heavy atom. The number of aromatic nitrogens is 2. The van der Waals surface area contributed by atoms with Gasteiger partial charge in [-0.25, -0.2) is 0 Å². The van der Waals surface area contributed by atoms with Gasteiger partial charge in [0.05, 0.1) is 23.0 Å². The van der Waals surface area contributed by atoms with Gasteiger partial charge in [0, 0.05) is 13.6 Å². The molecule has 0 saturated carbocycles. The molecular weight excluding hydrogens is 266 g/mol. The number of carbonyl (C=O) groups is 1. The molecule has 2 rings (SSSR count). The van der Waals surface area contributed by atoms with E-state index in [4.69, 9.17) is 11.0 Å². The van der Waals surface area contributed by atoms with Gasteiger partial charge in [0.2, 0.25) is 0 Å². The first-order valence-electron chi connectivity index (χ1n) is 6.65.